The molecular formula is C9H17N3S2. The molecular weight excluding hydrogens is 214 g/mol. The Morgan fingerprint density at radius 3 is 2.86 bits per heavy atom. The predicted octanol–water partition coefficient (Wildman–Crippen LogP) is 2.86. The van der Waals surface area contributed by atoms with E-state index in [1.54, 1.807) is 6.33 Å². The number of unbranched alkanes of at least 4 members (excludes halogenated alkanes) is 3. The molecule has 0 aromatic carbocycles. The maximum Gasteiger partial charge on any atom is 0.194 e. The van der Waals surface area contributed by atoms with E-state index in [-0.39, 0.29) is 0 Å². The maximum atomic E-state index is 5.05. The number of aryl methyl sites for hydroxylation is 1. The summed E-state index contributed by atoms with van der Waals surface area (Å²) in [6, 6.07) is 0. The van der Waals surface area contributed by atoms with Crippen LogP contribution in [0.15, 0.2) is 6.33 Å². The number of thioether (sulfide) groups is 1. The molecule has 0 radical (unpaired) electrons. The topological polar surface area (TPSA) is 33.6 Å². The highest BCUT2D eigenvalue weighted by Crippen LogP contribution is 2.05. The zero-order valence-electron chi connectivity index (χ0n) is 8.53. The largest absolute Gasteiger partial charge is 0.307 e. The Morgan fingerprint density at radius 1 is 1.43 bits per heavy atom. The molecule has 0 aliphatic heterocycles. The average Bonchev–Trinajstić information content (AvgIpc) is 2.58. The second kappa shape index (κ2) is 7.06. The number of aromatic amines is 1. The molecule has 80 valence electrons. The van der Waals surface area contributed by atoms with E-state index in [9.17, 15) is 0 Å². The first-order valence-corrected chi connectivity index (χ1v) is 6.73. The number of nitrogens with one attached hydrogen (secondary N) is 1. The SMILES string of the molecule is CSCCCCCCn1cn[nH]c1=S. The van der Waals surface area contributed by atoms with Gasteiger partial charge in [-0.2, -0.15) is 16.9 Å². The van der Waals surface area contributed by atoms with E-state index in [2.05, 4.69) is 16.5 Å². The van der Waals surface area contributed by atoms with Crippen LogP contribution in [0.25, 0.3) is 0 Å². The van der Waals surface area contributed by atoms with Gasteiger partial charge in [0.15, 0.2) is 4.77 Å². The molecule has 0 aliphatic carbocycles. The first kappa shape index (κ1) is 11.8. The van der Waals surface area contributed by atoms with Crippen molar-refractivity contribution in [2.75, 3.05) is 12.0 Å². The highest BCUT2D eigenvalue weighted by atomic mass is 32.2. The molecule has 14 heavy (non-hydrogen) atoms. The van der Waals surface area contributed by atoms with E-state index in [1.165, 1.54) is 31.4 Å². The van der Waals surface area contributed by atoms with Gasteiger partial charge in [-0.25, -0.2) is 0 Å². The normalized spacial score (nSPS) is 10.6. The van der Waals surface area contributed by atoms with Crippen molar-refractivity contribution in [3.63, 3.8) is 0 Å². The maximum absolute atomic E-state index is 5.05. The van der Waals surface area contributed by atoms with Crippen LogP contribution in [0.4, 0.5) is 0 Å². The molecule has 0 saturated heterocycles. The summed E-state index contributed by atoms with van der Waals surface area (Å²) in [6.07, 6.45) is 9.06. The van der Waals surface area contributed by atoms with Crippen LogP contribution in [0.1, 0.15) is 25.7 Å². The molecule has 0 saturated carbocycles. The molecule has 1 aromatic heterocycles. The van der Waals surface area contributed by atoms with Gasteiger partial charge >= 0.3 is 0 Å². The van der Waals surface area contributed by atoms with Gasteiger partial charge in [0.25, 0.3) is 0 Å². The Labute approximate surface area is 94.3 Å². The summed E-state index contributed by atoms with van der Waals surface area (Å²) in [5, 5.41) is 6.63. The zero-order valence-corrected chi connectivity index (χ0v) is 10.2. The standard InChI is InChI=1S/C9H17N3S2/c1-14-7-5-3-2-4-6-12-8-10-11-9(12)13/h8H,2-7H2,1H3,(H,11,13). The fraction of sp³-hybridized carbons (Fsp3) is 0.778. The van der Waals surface area contributed by atoms with E-state index >= 15 is 0 Å². The minimum absolute atomic E-state index is 0.731. The van der Waals surface area contributed by atoms with Crippen LogP contribution in [0.2, 0.25) is 0 Å². The quantitative estimate of drug-likeness (QED) is 0.579. The summed E-state index contributed by atoms with van der Waals surface area (Å²) in [5.41, 5.74) is 0. The molecule has 0 atom stereocenters. The molecule has 0 amide bonds. The van der Waals surface area contributed by atoms with E-state index in [4.69, 9.17) is 12.2 Å². The van der Waals surface area contributed by atoms with Gasteiger partial charge in [-0.1, -0.05) is 12.8 Å². The highest BCUT2D eigenvalue weighted by Gasteiger charge is 1.94. The molecule has 5 heteroatoms. The second-order valence-corrected chi connectivity index (χ2v) is 4.63. The third-order valence-corrected chi connectivity index (χ3v) is 3.14. The summed E-state index contributed by atoms with van der Waals surface area (Å²) in [5.74, 6) is 1.28. The Hall–Kier alpha value is -0.290. The molecule has 1 rings (SSSR count). The lowest BCUT2D eigenvalue weighted by molar-refractivity contribution is 0.579. The van der Waals surface area contributed by atoms with Crippen molar-refractivity contribution in [2.24, 2.45) is 0 Å². The van der Waals surface area contributed by atoms with Crippen LogP contribution in [0.3, 0.4) is 0 Å². The minimum Gasteiger partial charge on any atom is -0.307 e. The average molecular weight is 231 g/mol. The number of H-pyrrole nitrogens is 1. The van der Waals surface area contributed by atoms with Gasteiger partial charge < -0.3 is 4.57 Å². The summed E-state index contributed by atoms with van der Waals surface area (Å²) in [7, 11) is 0. The Balaban J connectivity index is 2.05. The van der Waals surface area contributed by atoms with Crippen LogP contribution in [-0.4, -0.2) is 26.8 Å². The number of hydrogen-bond acceptors (Lipinski definition) is 3. The highest BCUT2D eigenvalue weighted by molar-refractivity contribution is 7.98. The number of aromatic nitrogens is 3. The first-order chi connectivity index (χ1) is 6.84. The zero-order chi connectivity index (χ0) is 10.2. The number of hydrogen-bond donors (Lipinski definition) is 1. The van der Waals surface area contributed by atoms with E-state index < -0.39 is 0 Å². The van der Waals surface area contributed by atoms with Gasteiger partial charge in [0, 0.05) is 6.54 Å². The Kier molecular flexibility index (Phi) is 5.94. The first-order valence-electron chi connectivity index (χ1n) is 4.93. The van der Waals surface area contributed by atoms with Gasteiger partial charge in [-0.05, 0) is 37.1 Å². The minimum atomic E-state index is 0.731. The summed E-state index contributed by atoms with van der Waals surface area (Å²) < 4.78 is 2.72. The van der Waals surface area contributed by atoms with Crippen LogP contribution in [0, 0.1) is 4.77 Å². The molecule has 0 unspecified atom stereocenters. The van der Waals surface area contributed by atoms with Crippen molar-refractivity contribution in [2.45, 2.75) is 32.2 Å². The van der Waals surface area contributed by atoms with Gasteiger partial charge in [-0.3, -0.25) is 5.10 Å². The van der Waals surface area contributed by atoms with Crippen LogP contribution < -0.4 is 0 Å². The fourth-order valence-corrected chi connectivity index (χ4v) is 2.00. The summed E-state index contributed by atoms with van der Waals surface area (Å²) in [4.78, 5) is 0. The van der Waals surface area contributed by atoms with Crippen molar-refractivity contribution < 1.29 is 0 Å². The van der Waals surface area contributed by atoms with E-state index in [0.717, 1.165) is 11.3 Å². The van der Waals surface area contributed by atoms with Crippen LogP contribution >= 0.6 is 24.0 Å². The lowest BCUT2D eigenvalue weighted by Crippen LogP contribution is -1.96. The molecule has 0 bridgehead atoms. The van der Waals surface area contributed by atoms with Crippen molar-refractivity contribution in [3.8, 4) is 0 Å². The van der Waals surface area contributed by atoms with Crippen LogP contribution in [0.5, 0.6) is 0 Å². The number of rotatable bonds is 7. The molecule has 0 aliphatic rings. The molecule has 1 N–H and O–H groups in total. The molecule has 0 fully saturated rings. The lowest BCUT2D eigenvalue weighted by atomic mass is 10.2. The lowest BCUT2D eigenvalue weighted by Gasteiger charge is -2.01. The van der Waals surface area contributed by atoms with Crippen LogP contribution in [-0.2, 0) is 6.54 Å². The van der Waals surface area contributed by atoms with E-state index in [0.29, 0.717) is 0 Å². The van der Waals surface area contributed by atoms with Crippen molar-refractivity contribution in [1.29, 1.82) is 0 Å². The Bertz CT molecular complexity index is 292. The molecule has 1 aromatic rings. The summed E-state index contributed by atoms with van der Waals surface area (Å²) >= 11 is 6.97. The summed E-state index contributed by atoms with van der Waals surface area (Å²) in [6.45, 7) is 0.995. The number of nitrogens with zero attached hydrogens (tertiary/aromatic N) is 2. The van der Waals surface area contributed by atoms with Gasteiger partial charge in [0.05, 0.1) is 0 Å². The van der Waals surface area contributed by atoms with Gasteiger partial charge in [0.2, 0.25) is 0 Å². The van der Waals surface area contributed by atoms with E-state index in [1.807, 2.05) is 16.3 Å². The van der Waals surface area contributed by atoms with Gasteiger partial charge in [-0.15, -0.1) is 0 Å². The monoisotopic (exact) mass is 231 g/mol. The smallest absolute Gasteiger partial charge is 0.194 e. The second-order valence-electron chi connectivity index (χ2n) is 3.26. The predicted molar refractivity (Wildman–Crippen MR) is 64.3 cm³/mol. The molecule has 3 nitrogen and oxygen atoms in total. The molecule has 1 heterocycles. The third-order valence-electron chi connectivity index (χ3n) is 2.12. The fourth-order valence-electron chi connectivity index (χ4n) is 1.31. The van der Waals surface area contributed by atoms with Gasteiger partial charge in [0.1, 0.15) is 6.33 Å². The van der Waals surface area contributed by atoms with Crippen molar-refractivity contribution >= 4 is 24.0 Å². The van der Waals surface area contributed by atoms with Crippen molar-refractivity contribution in [3.05, 3.63) is 11.1 Å². The Morgan fingerprint density at radius 2 is 2.21 bits per heavy atom. The van der Waals surface area contributed by atoms with Crippen molar-refractivity contribution in [1.82, 2.24) is 14.8 Å². The molecule has 0 spiro atoms. The third kappa shape index (κ3) is 4.28.